The number of fused-ring (bicyclic) bond motifs is 1. The number of anilines is 1. The highest BCUT2D eigenvalue weighted by molar-refractivity contribution is 5.43. The summed E-state index contributed by atoms with van der Waals surface area (Å²) < 4.78 is 5.26. The molecule has 0 fully saturated rings. The van der Waals surface area contributed by atoms with Gasteiger partial charge < -0.3 is 15.8 Å². The molecule has 2 rings (SSSR count). The van der Waals surface area contributed by atoms with Crippen molar-refractivity contribution in [2.24, 2.45) is 0 Å². The zero-order valence-electron chi connectivity index (χ0n) is 8.21. The first-order valence-electron chi connectivity index (χ1n) is 4.67. The molecular formula is C9H14N4O. The Balaban J connectivity index is 2.23. The van der Waals surface area contributed by atoms with Gasteiger partial charge in [0.2, 0.25) is 0 Å². The Hall–Kier alpha value is -1.20. The maximum absolute atomic E-state index is 5.79. The number of nitrogens with two attached hydrogens (primary N) is 1. The molecule has 1 aromatic rings. The van der Waals surface area contributed by atoms with Crippen LogP contribution in [0.25, 0.3) is 0 Å². The summed E-state index contributed by atoms with van der Waals surface area (Å²) in [5.74, 6) is 1.36. The van der Waals surface area contributed by atoms with Crippen molar-refractivity contribution < 1.29 is 4.74 Å². The van der Waals surface area contributed by atoms with Crippen molar-refractivity contribution in [3.63, 3.8) is 0 Å². The molecule has 0 saturated heterocycles. The van der Waals surface area contributed by atoms with Gasteiger partial charge in [-0.15, -0.1) is 0 Å². The summed E-state index contributed by atoms with van der Waals surface area (Å²) in [4.78, 5) is 8.62. The van der Waals surface area contributed by atoms with Gasteiger partial charge in [-0.1, -0.05) is 0 Å². The van der Waals surface area contributed by atoms with E-state index in [0.717, 1.165) is 30.0 Å². The van der Waals surface area contributed by atoms with Crippen LogP contribution in [0.1, 0.15) is 17.1 Å². The molecule has 3 N–H and O–H groups in total. The number of nitrogen functional groups attached to an aromatic ring is 1. The molecule has 1 aliphatic rings. The molecule has 0 radical (unpaired) electrons. The van der Waals surface area contributed by atoms with Gasteiger partial charge in [0.25, 0.3) is 0 Å². The van der Waals surface area contributed by atoms with E-state index in [4.69, 9.17) is 10.5 Å². The van der Waals surface area contributed by atoms with E-state index < -0.39 is 0 Å². The monoisotopic (exact) mass is 194 g/mol. The molecule has 0 unspecified atom stereocenters. The Labute approximate surface area is 82.7 Å². The fourth-order valence-electron chi connectivity index (χ4n) is 1.48. The van der Waals surface area contributed by atoms with E-state index in [1.807, 2.05) is 7.05 Å². The number of hydrogen-bond donors (Lipinski definition) is 2. The molecule has 1 aromatic heterocycles. The lowest BCUT2D eigenvalue weighted by Crippen LogP contribution is -2.14. The third kappa shape index (κ3) is 1.69. The fraction of sp³-hybridized carbons (Fsp3) is 0.556. The first-order chi connectivity index (χ1) is 6.81. The van der Waals surface area contributed by atoms with Crippen LogP contribution in [-0.2, 0) is 24.4 Å². The predicted molar refractivity (Wildman–Crippen MR) is 52.6 cm³/mol. The standard InChI is InChI=1S/C9H14N4O/c1-11-3-2-8-12-7-5-14-4-6(7)9(10)13-8/h11H,2-5H2,1H3,(H2,10,12,13). The SMILES string of the molecule is CNCCc1nc(N)c2c(n1)COC2. The quantitative estimate of drug-likeness (QED) is 0.700. The van der Waals surface area contributed by atoms with Crippen LogP contribution >= 0.6 is 0 Å². The normalized spacial score (nSPS) is 14.4. The van der Waals surface area contributed by atoms with Gasteiger partial charge >= 0.3 is 0 Å². The summed E-state index contributed by atoms with van der Waals surface area (Å²) in [6.45, 7) is 1.97. The number of hydrogen-bond acceptors (Lipinski definition) is 5. The summed E-state index contributed by atoms with van der Waals surface area (Å²) in [7, 11) is 1.90. The van der Waals surface area contributed by atoms with E-state index in [1.54, 1.807) is 0 Å². The van der Waals surface area contributed by atoms with Crippen LogP contribution in [-0.4, -0.2) is 23.6 Å². The minimum atomic E-state index is 0.549. The van der Waals surface area contributed by atoms with Crippen LogP contribution in [0.15, 0.2) is 0 Å². The van der Waals surface area contributed by atoms with E-state index in [2.05, 4.69) is 15.3 Å². The summed E-state index contributed by atoms with van der Waals surface area (Å²) in [6, 6.07) is 0. The van der Waals surface area contributed by atoms with Crippen molar-refractivity contribution in [1.29, 1.82) is 0 Å². The highest BCUT2D eigenvalue weighted by Gasteiger charge is 2.17. The molecule has 0 aromatic carbocycles. The van der Waals surface area contributed by atoms with Crippen LogP contribution in [0, 0.1) is 0 Å². The number of likely N-dealkylation sites (N-methyl/N-ethyl adjacent to an activating group) is 1. The topological polar surface area (TPSA) is 73.1 Å². The molecule has 5 nitrogen and oxygen atoms in total. The predicted octanol–water partition coefficient (Wildman–Crippen LogP) is -0.149. The Kier molecular flexibility index (Phi) is 2.60. The third-order valence-electron chi connectivity index (χ3n) is 2.25. The Morgan fingerprint density at radius 1 is 1.43 bits per heavy atom. The second kappa shape index (κ2) is 3.89. The van der Waals surface area contributed by atoms with Gasteiger partial charge in [0.05, 0.1) is 18.9 Å². The van der Waals surface area contributed by atoms with E-state index in [0.29, 0.717) is 19.0 Å². The minimum absolute atomic E-state index is 0.549. The van der Waals surface area contributed by atoms with Crippen LogP contribution in [0.2, 0.25) is 0 Å². The lowest BCUT2D eigenvalue weighted by molar-refractivity contribution is 0.133. The van der Waals surface area contributed by atoms with Crippen LogP contribution in [0.5, 0.6) is 0 Å². The van der Waals surface area contributed by atoms with Crippen LogP contribution < -0.4 is 11.1 Å². The van der Waals surface area contributed by atoms with E-state index in [-0.39, 0.29) is 0 Å². The molecule has 0 spiro atoms. The van der Waals surface area contributed by atoms with Gasteiger partial charge in [-0.25, -0.2) is 9.97 Å². The molecule has 0 aliphatic carbocycles. The van der Waals surface area contributed by atoms with Gasteiger partial charge in [-0.3, -0.25) is 0 Å². The number of aromatic nitrogens is 2. The van der Waals surface area contributed by atoms with Crippen molar-refractivity contribution in [1.82, 2.24) is 15.3 Å². The van der Waals surface area contributed by atoms with Crippen molar-refractivity contribution in [3.8, 4) is 0 Å². The Bertz CT molecular complexity index is 340. The summed E-state index contributed by atoms with van der Waals surface area (Å²) in [5.41, 5.74) is 7.70. The first-order valence-corrected chi connectivity index (χ1v) is 4.67. The minimum Gasteiger partial charge on any atom is -0.383 e. The van der Waals surface area contributed by atoms with Crippen LogP contribution in [0.3, 0.4) is 0 Å². The van der Waals surface area contributed by atoms with Crippen molar-refractivity contribution in [3.05, 3.63) is 17.1 Å². The largest absolute Gasteiger partial charge is 0.383 e. The zero-order valence-corrected chi connectivity index (χ0v) is 8.21. The fourth-order valence-corrected chi connectivity index (χ4v) is 1.48. The molecular weight excluding hydrogens is 180 g/mol. The van der Waals surface area contributed by atoms with Crippen molar-refractivity contribution >= 4 is 5.82 Å². The van der Waals surface area contributed by atoms with Gasteiger partial charge in [-0.05, 0) is 7.05 Å². The second-order valence-corrected chi connectivity index (χ2v) is 3.30. The molecule has 5 heteroatoms. The number of nitrogens with one attached hydrogen (secondary N) is 1. The van der Waals surface area contributed by atoms with Gasteiger partial charge in [-0.2, -0.15) is 0 Å². The molecule has 0 amide bonds. The summed E-state index contributed by atoms with van der Waals surface area (Å²) in [5, 5.41) is 3.05. The lowest BCUT2D eigenvalue weighted by Gasteiger charge is -2.04. The van der Waals surface area contributed by atoms with Crippen molar-refractivity contribution in [2.75, 3.05) is 19.3 Å². The number of rotatable bonds is 3. The molecule has 14 heavy (non-hydrogen) atoms. The van der Waals surface area contributed by atoms with E-state index in [1.165, 1.54) is 0 Å². The second-order valence-electron chi connectivity index (χ2n) is 3.30. The molecule has 1 aliphatic heterocycles. The number of ether oxygens (including phenoxy) is 1. The van der Waals surface area contributed by atoms with Gasteiger partial charge in [0, 0.05) is 18.5 Å². The molecule has 76 valence electrons. The third-order valence-corrected chi connectivity index (χ3v) is 2.25. The van der Waals surface area contributed by atoms with E-state index >= 15 is 0 Å². The highest BCUT2D eigenvalue weighted by atomic mass is 16.5. The average molecular weight is 194 g/mol. The van der Waals surface area contributed by atoms with Crippen molar-refractivity contribution in [2.45, 2.75) is 19.6 Å². The first kappa shape index (κ1) is 9.36. The highest BCUT2D eigenvalue weighted by Crippen LogP contribution is 2.22. The van der Waals surface area contributed by atoms with Gasteiger partial charge in [0.15, 0.2) is 0 Å². The average Bonchev–Trinajstić information content (AvgIpc) is 2.63. The maximum Gasteiger partial charge on any atom is 0.133 e. The Morgan fingerprint density at radius 3 is 3.07 bits per heavy atom. The lowest BCUT2D eigenvalue weighted by atomic mass is 10.2. The molecule has 0 atom stereocenters. The van der Waals surface area contributed by atoms with Gasteiger partial charge in [0.1, 0.15) is 11.6 Å². The molecule has 0 saturated carbocycles. The summed E-state index contributed by atoms with van der Waals surface area (Å²) >= 11 is 0. The summed E-state index contributed by atoms with van der Waals surface area (Å²) in [6.07, 6.45) is 0.800. The van der Waals surface area contributed by atoms with E-state index in [9.17, 15) is 0 Å². The molecule has 2 heterocycles. The number of nitrogens with zero attached hydrogens (tertiary/aromatic N) is 2. The maximum atomic E-state index is 5.79. The zero-order chi connectivity index (χ0) is 9.97. The Morgan fingerprint density at radius 2 is 2.29 bits per heavy atom. The smallest absolute Gasteiger partial charge is 0.133 e. The molecule has 0 bridgehead atoms. The van der Waals surface area contributed by atoms with Crippen LogP contribution in [0.4, 0.5) is 5.82 Å².